The summed E-state index contributed by atoms with van der Waals surface area (Å²) in [5, 5.41) is 28.2. The zero-order valence-corrected chi connectivity index (χ0v) is 19.6. The summed E-state index contributed by atoms with van der Waals surface area (Å²) in [5.74, 6) is 0. The fourth-order valence-electron chi connectivity index (χ4n) is 4.17. The zero-order valence-electron chi connectivity index (χ0n) is 18.8. The lowest BCUT2D eigenvalue weighted by atomic mass is 10.0. The van der Waals surface area contributed by atoms with E-state index in [1.165, 1.54) is 0 Å². The van der Waals surface area contributed by atoms with Gasteiger partial charge in [-0.25, -0.2) is 4.98 Å². The van der Waals surface area contributed by atoms with Crippen molar-refractivity contribution in [3.63, 3.8) is 0 Å². The highest BCUT2D eigenvalue weighted by Crippen LogP contribution is 2.32. The van der Waals surface area contributed by atoms with E-state index in [0.717, 1.165) is 22.4 Å². The van der Waals surface area contributed by atoms with Crippen LogP contribution in [0.4, 0.5) is 0 Å². The van der Waals surface area contributed by atoms with Crippen LogP contribution in [0.25, 0.3) is 39.2 Å². The van der Waals surface area contributed by atoms with Gasteiger partial charge in [0.25, 0.3) is 6.01 Å². The van der Waals surface area contributed by atoms with Crippen LogP contribution in [0.3, 0.4) is 0 Å². The van der Waals surface area contributed by atoms with Crippen molar-refractivity contribution in [1.29, 1.82) is 0 Å². The van der Waals surface area contributed by atoms with E-state index in [2.05, 4.69) is 25.1 Å². The molecule has 3 unspecified atom stereocenters. The zero-order chi connectivity index (χ0) is 24.6. The lowest BCUT2D eigenvalue weighted by Gasteiger charge is -2.15. The van der Waals surface area contributed by atoms with Crippen molar-refractivity contribution in [3.8, 4) is 34.1 Å². The molecule has 182 valence electrons. The molecule has 4 heterocycles. The Kier molecular flexibility index (Phi) is 5.86. The molecular formula is C25H21ClN6O4. The van der Waals surface area contributed by atoms with E-state index in [9.17, 15) is 10.2 Å². The van der Waals surface area contributed by atoms with Gasteiger partial charge in [-0.1, -0.05) is 48.0 Å². The Morgan fingerprint density at radius 2 is 1.67 bits per heavy atom. The van der Waals surface area contributed by atoms with Gasteiger partial charge < -0.3 is 24.7 Å². The summed E-state index contributed by atoms with van der Waals surface area (Å²) in [6, 6.07) is 17.9. The molecular weight excluding hydrogens is 484 g/mol. The molecule has 0 aliphatic carbocycles. The van der Waals surface area contributed by atoms with E-state index >= 15 is 0 Å². The number of aliphatic hydroxyl groups excluding tert-OH is 2. The molecule has 5 aromatic rings. The van der Waals surface area contributed by atoms with E-state index in [4.69, 9.17) is 21.1 Å². The predicted octanol–water partition coefficient (Wildman–Crippen LogP) is 3.03. The number of fused-ring (bicyclic) bond motifs is 1. The summed E-state index contributed by atoms with van der Waals surface area (Å²) in [6.07, 6.45) is 1.01. The average Bonchev–Trinajstić information content (AvgIpc) is 3.65. The Hall–Kier alpha value is -3.83. The number of nitrogens with one attached hydrogen (secondary N) is 1. The summed E-state index contributed by atoms with van der Waals surface area (Å²) in [5.41, 5.74) is 5.47. The quantitative estimate of drug-likeness (QED) is 0.321. The van der Waals surface area contributed by atoms with Crippen molar-refractivity contribution in [2.45, 2.75) is 18.3 Å². The monoisotopic (exact) mass is 504 g/mol. The minimum atomic E-state index is -0.952. The minimum absolute atomic E-state index is 0.151. The maximum Gasteiger partial charge on any atom is 0.296 e. The van der Waals surface area contributed by atoms with Gasteiger partial charge in [-0.2, -0.15) is 20.0 Å². The first-order valence-electron chi connectivity index (χ1n) is 11.3. The molecule has 1 saturated heterocycles. The number of rotatable bonds is 6. The number of hydrogen-bond acceptors (Lipinski definition) is 8. The van der Waals surface area contributed by atoms with E-state index < -0.39 is 18.3 Å². The summed E-state index contributed by atoms with van der Waals surface area (Å²) in [7, 11) is 0. The molecule has 6 rings (SSSR count). The number of benzene rings is 2. The molecule has 36 heavy (non-hydrogen) atoms. The third-order valence-electron chi connectivity index (χ3n) is 6.09. The molecule has 0 bridgehead atoms. The maximum atomic E-state index is 10.2. The number of aliphatic hydroxyl groups is 2. The van der Waals surface area contributed by atoms with Crippen molar-refractivity contribution in [3.05, 3.63) is 72.0 Å². The first-order valence-corrected chi connectivity index (χ1v) is 11.7. The van der Waals surface area contributed by atoms with Gasteiger partial charge in [0, 0.05) is 5.56 Å². The molecule has 3 N–H and O–H groups in total. The Balaban J connectivity index is 1.22. The van der Waals surface area contributed by atoms with Crippen LogP contribution in [0.2, 0.25) is 5.02 Å². The third-order valence-corrected chi connectivity index (χ3v) is 6.38. The standard InChI is InChI=1S/C25H21ClN6O4/c26-18-11-19-24(31-25(29-19)36-21-13-35-20(12-33)23(21)34)30-22(18)16-3-1-14(2-4-16)15-5-7-17(8-6-15)32-27-9-10-28-32/h1-11,20-21,23,33-34H,12-13H2,(H,29,30,31). The highest BCUT2D eigenvalue weighted by molar-refractivity contribution is 6.33. The Morgan fingerprint density at radius 3 is 2.33 bits per heavy atom. The van der Waals surface area contributed by atoms with E-state index in [1.54, 1.807) is 23.3 Å². The SMILES string of the molecule is OCC1OCC(Oc2nc3nc(-c4ccc(-c5ccc(-n6nccn6)cc5)cc4)c(Cl)cc3[nH]2)C1O. The fourth-order valence-corrected chi connectivity index (χ4v) is 4.43. The number of halogens is 1. The van der Waals surface area contributed by atoms with Gasteiger partial charge in [-0.15, -0.1) is 0 Å². The van der Waals surface area contributed by atoms with Gasteiger partial charge in [0.1, 0.15) is 12.2 Å². The Bertz CT molecular complexity index is 1490. The van der Waals surface area contributed by atoms with E-state index in [1.807, 2.05) is 48.5 Å². The van der Waals surface area contributed by atoms with Gasteiger partial charge in [0.2, 0.25) is 0 Å². The topological polar surface area (TPSA) is 131 Å². The predicted molar refractivity (Wildman–Crippen MR) is 132 cm³/mol. The van der Waals surface area contributed by atoms with Crippen LogP contribution in [0.15, 0.2) is 67.0 Å². The smallest absolute Gasteiger partial charge is 0.296 e. The highest BCUT2D eigenvalue weighted by atomic mass is 35.5. The number of H-pyrrole nitrogens is 1. The summed E-state index contributed by atoms with van der Waals surface area (Å²) in [4.78, 5) is 13.6. The third kappa shape index (κ3) is 4.20. The first kappa shape index (κ1) is 22.6. The molecule has 11 heteroatoms. The van der Waals surface area contributed by atoms with Crippen LogP contribution in [-0.2, 0) is 4.74 Å². The van der Waals surface area contributed by atoms with Crippen molar-refractivity contribution in [2.24, 2.45) is 0 Å². The first-order chi connectivity index (χ1) is 17.6. The normalized spacial score (nSPS) is 19.7. The van der Waals surface area contributed by atoms with Crippen molar-refractivity contribution < 1.29 is 19.7 Å². The largest absolute Gasteiger partial charge is 0.456 e. The van der Waals surface area contributed by atoms with Crippen LogP contribution in [0.5, 0.6) is 6.01 Å². The molecule has 3 aromatic heterocycles. The van der Waals surface area contributed by atoms with E-state index in [-0.39, 0.29) is 19.2 Å². The lowest BCUT2D eigenvalue weighted by Crippen LogP contribution is -2.36. The van der Waals surface area contributed by atoms with Crippen LogP contribution in [-0.4, -0.2) is 71.7 Å². The Labute approximate surface area is 210 Å². The molecule has 1 fully saturated rings. The van der Waals surface area contributed by atoms with Gasteiger partial charge in [0.05, 0.1) is 47.5 Å². The average molecular weight is 505 g/mol. The van der Waals surface area contributed by atoms with Crippen LogP contribution >= 0.6 is 11.6 Å². The van der Waals surface area contributed by atoms with Gasteiger partial charge in [0.15, 0.2) is 11.8 Å². The Morgan fingerprint density at radius 1 is 1.00 bits per heavy atom. The summed E-state index contributed by atoms with van der Waals surface area (Å²) >= 11 is 6.55. The second-order valence-corrected chi connectivity index (χ2v) is 8.78. The second-order valence-electron chi connectivity index (χ2n) is 8.38. The van der Waals surface area contributed by atoms with Crippen LogP contribution in [0, 0.1) is 0 Å². The molecule has 2 aromatic carbocycles. The van der Waals surface area contributed by atoms with Crippen LogP contribution in [0.1, 0.15) is 0 Å². The van der Waals surface area contributed by atoms with Gasteiger partial charge in [-0.3, -0.25) is 0 Å². The lowest BCUT2D eigenvalue weighted by molar-refractivity contribution is -0.00390. The van der Waals surface area contributed by atoms with Crippen molar-refractivity contribution in [1.82, 2.24) is 29.9 Å². The molecule has 0 radical (unpaired) electrons. The number of aromatic amines is 1. The number of nitrogens with zero attached hydrogens (tertiary/aromatic N) is 5. The molecule has 0 saturated carbocycles. The second kappa shape index (κ2) is 9.32. The molecule has 3 atom stereocenters. The highest BCUT2D eigenvalue weighted by Gasteiger charge is 2.37. The minimum Gasteiger partial charge on any atom is -0.456 e. The van der Waals surface area contributed by atoms with Crippen molar-refractivity contribution in [2.75, 3.05) is 13.2 Å². The summed E-state index contributed by atoms with van der Waals surface area (Å²) in [6.45, 7) is -0.132. The molecule has 1 aliphatic heterocycles. The number of ether oxygens (including phenoxy) is 2. The van der Waals surface area contributed by atoms with Crippen LogP contribution < -0.4 is 4.74 Å². The molecule has 10 nitrogen and oxygen atoms in total. The van der Waals surface area contributed by atoms with Gasteiger partial charge in [-0.05, 0) is 29.3 Å². The van der Waals surface area contributed by atoms with Crippen molar-refractivity contribution >= 4 is 22.8 Å². The number of imidazole rings is 1. The molecule has 1 aliphatic rings. The fraction of sp³-hybridized carbons (Fsp3) is 0.200. The number of hydrogen-bond donors (Lipinski definition) is 3. The van der Waals surface area contributed by atoms with E-state index in [0.29, 0.717) is 21.9 Å². The number of aromatic nitrogens is 6. The summed E-state index contributed by atoms with van der Waals surface area (Å²) < 4.78 is 11.1. The number of pyridine rings is 1. The molecule has 0 spiro atoms. The maximum absolute atomic E-state index is 10.2. The van der Waals surface area contributed by atoms with Gasteiger partial charge >= 0.3 is 0 Å². The molecule has 0 amide bonds.